The van der Waals surface area contributed by atoms with Gasteiger partial charge in [-0.05, 0) is 6.07 Å². The molecule has 2 nitrogen and oxygen atoms in total. The van der Waals surface area contributed by atoms with Crippen LogP contribution in [0.15, 0.2) is 18.5 Å². The molecule has 0 aliphatic carbocycles. The molecule has 0 spiro atoms. The van der Waals surface area contributed by atoms with Gasteiger partial charge in [0.05, 0.1) is 11.1 Å². The lowest BCUT2D eigenvalue weighted by Crippen LogP contribution is -2.16. The number of nitrogens with zero attached hydrogens (tertiary/aromatic N) is 2. The number of hydrogen-bond donors (Lipinski definition) is 0. The van der Waals surface area contributed by atoms with Crippen molar-refractivity contribution < 1.29 is 0 Å². The molecule has 0 fully saturated rings. The Labute approximate surface area is 85.6 Å². The van der Waals surface area contributed by atoms with Crippen LogP contribution in [0.5, 0.6) is 0 Å². The third-order valence-electron chi connectivity index (χ3n) is 1.51. The molecular weight excluding hydrogens is 188 g/mol. The van der Waals surface area contributed by atoms with Crippen LogP contribution in [0, 0.1) is 22.8 Å². The van der Waals surface area contributed by atoms with Crippen LogP contribution in [0.25, 0.3) is 0 Å². The predicted molar refractivity (Wildman–Crippen MR) is 59.2 cm³/mol. The third kappa shape index (κ3) is 3.05. The van der Waals surface area contributed by atoms with Crippen molar-refractivity contribution in [3.8, 4) is 17.5 Å². The van der Waals surface area contributed by atoms with Gasteiger partial charge >= 0.3 is 0 Å². The Morgan fingerprint density at radius 2 is 2.00 bits per heavy atom. The van der Waals surface area contributed by atoms with Crippen molar-refractivity contribution in [3.63, 3.8) is 0 Å². The molecule has 1 heterocycles. The molecule has 0 aliphatic rings. The molecule has 0 aromatic carbocycles. The molecule has 0 saturated carbocycles. The number of aromatic nitrogens is 1. The van der Waals surface area contributed by atoms with Gasteiger partial charge in [0.25, 0.3) is 0 Å². The van der Waals surface area contributed by atoms with Crippen LogP contribution in [0.3, 0.4) is 0 Å². The van der Waals surface area contributed by atoms with Gasteiger partial charge in [0.2, 0.25) is 0 Å². The molecule has 1 rings (SSSR count). The van der Waals surface area contributed by atoms with E-state index < -0.39 is 8.07 Å². The van der Waals surface area contributed by atoms with Crippen molar-refractivity contribution in [2.24, 2.45) is 0 Å². The minimum atomic E-state index is -1.37. The molecule has 3 heteroatoms. The van der Waals surface area contributed by atoms with Gasteiger partial charge in [0.1, 0.15) is 14.1 Å². The van der Waals surface area contributed by atoms with Crippen molar-refractivity contribution >= 4 is 8.07 Å². The smallest absolute Gasteiger partial charge is 0.129 e. The maximum atomic E-state index is 8.81. The molecule has 0 aliphatic heterocycles. The Bertz CT molecular complexity index is 427. The summed E-state index contributed by atoms with van der Waals surface area (Å²) in [6, 6.07) is 3.79. The van der Waals surface area contributed by atoms with E-state index in [4.69, 9.17) is 5.26 Å². The predicted octanol–water partition coefficient (Wildman–Crippen LogP) is 2.18. The van der Waals surface area contributed by atoms with Gasteiger partial charge in [-0.15, -0.1) is 5.54 Å². The van der Waals surface area contributed by atoms with Gasteiger partial charge < -0.3 is 0 Å². The van der Waals surface area contributed by atoms with Crippen LogP contribution in [0.1, 0.15) is 11.1 Å². The van der Waals surface area contributed by atoms with E-state index in [-0.39, 0.29) is 0 Å². The molecule has 0 amide bonds. The molecule has 0 saturated heterocycles. The van der Waals surface area contributed by atoms with Crippen LogP contribution in [-0.4, -0.2) is 13.1 Å². The Hall–Kier alpha value is -1.58. The summed E-state index contributed by atoms with van der Waals surface area (Å²) in [5, 5.41) is 8.81. The summed E-state index contributed by atoms with van der Waals surface area (Å²) in [4.78, 5) is 3.96. The van der Waals surface area contributed by atoms with E-state index in [0.717, 1.165) is 5.56 Å². The lowest BCUT2D eigenvalue weighted by Gasteiger charge is -2.03. The second kappa shape index (κ2) is 4.08. The molecule has 0 radical (unpaired) electrons. The Balaban J connectivity index is 3.08. The highest BCUT2D eigenvalue weighted by atomic mass is 28.3. The number of nitriles is 1. The van der Waals surface area contributed by atoms with Crippen LogP contribution >= 0.6 is 0 Å². The molecular formula is C11H12N2Si. The molecule has 1 aromatic rings. The quantitative estimate of drug-likeness (QED) is 0.475. The molecule has 0 unspecified atom stereocenters. The van der Waals surface area contributed by atoms with Gasteiger partial charge in [0.15, 0.2) is 0 Å². The Kier molecular flexibility index (Phi) is 3.06. The fourth-order valence-corrected chi connectivity index (χ4v) is 1.36. The first-order valence-electron chi connectivity index (χ1n) is 4.40. The van der Waals surface area contributed by atoms with Crippen molar-refractivity contribution in [3.05, 3.63) is 29.6 Å². The average molecular weight is 200 g/mol. The molecule has 0 atom stereocenters. The van der Waals surface area contributed by atoms with E-state index in [2.05, 4.69) is 42.2 Å². The van der Waals surface area contributed by atoms with Crippen molar-refractivity contribution in [1.29, 1.82) is 5.26 Å². The Morgan fingerprint density at radius 3 is 2.57 bits per heavy atom. The van der Waals surface area contributed by atoms with Gasteiger partial charge in [-0.2, -0.15) is 5.26 Å². The van der Waals surface area contributed by atoms with Crippen LogP contribution < -0.4 is 0 Å². The first-order valence-corrected chi connectivity index (χ1v) is 7.90. The van der Waals surface area contributed by atoms with E-state index in [0.29, 0.717) is 5.56 Å². The summed E-state index contributed by atoms with van der Waals surface area (Å²) < 4.78 is 0. The van der Waals surface area contributed by atoms with Crippen molar-refractivity contribution in [2.45, 2.75) is 19.6 Å². The maximum Gasteiger partial charge on any atom is 0.129 e. The van der Waals surface area contributed by atoms with Crippen molar-refractivity contribution in [2.75, 3.05) is 0 Å². The second-order valence-corrected chi connectivity index (χ2v) is 8.78. The number of rotatable bonds is 0. The van der Waals surface area contributed by atoms with E-state index >= 15 is 0 Å². The molecule has 1 aromatic heterocycles. The van der Waals surface area contributed by atoms with Crippen LogP contribution in [-0.2, 0) is 0 Å². The summed E-state index contributed by atoms with van der Waals surface area (Å²) >= 11 is 0. The van der Waals surface area contributed by atoms with E-state index in [9.17, 15) is 0 Å². The zero-order chi connectivity index (χ0) is 10.6. The molecule has 0 N–H and O–H groups in total. The molecule has 70 valence electrons. The van der Waals surface area contributed by atoms with Gasteiger partial charge in [-0.1, -0.05) is 25.6 Å². The Morgan fingerprint density at radius 1 is 1.29 bits per heavy atom. The minimum Gasteiger partial charge on any atom is -0.263 e. The highest BCUT2D eigenvalue weighted by molar-refractivity contribution is 6.83. The lowest BCUT2D eigenvalue weighted by atomic mass is 10.2. The fourth-order valence-electron chi connectivity index (χ4n) is 0.846. The third-order valence-corrected chi connectivity index (χ3v) is 2.39. The topological polar surface area (TPSA) is 36.7 Å². The maximum absolute atomic E-state index is 8.81. The van der Waals surface area contributed by atoms with E-state index in [1.165, 1.54) is 0 Å². The summed E-state index contributed by atoms with van der Waals surface area (Å²) in [6.45, 7) is 6.51. The highest BCUT2D eigenvalue weighted by Crippen LogP contribution is 2.04. The summed E-state index contributed by atoms with van der Waals surface area (Å²) in [5.41, 5.74) is 4.55. The summed E-state index contributed by atoms with van der Waals surface area (Å²) in [5.74, 6) is 3.03. The van der Waals surface area contributed by atoms with E-state index in [1.807, 2.05) is 0 Å². The zero-order valence-corrected chi connectivity index (χ0v) is 9.63. The fraction of sp³-hybridized carbons (Fsp3) is 0.273. The second-order valence-electron chi connectivity index (χ2n) is 4.03. The minimum absolute atomic E-state index is 0.603. The first kappa shape index (κ1) is 10.5. The number of pyridine rings is 1. The average Bonchev–Trinajstić information content (AvgIpc) is 2.14. The summed E-state index contributed by atoms with van der Waals surface area (Å²) in [6.07, 6.45) is 3.25. The largest absolute Gasteiger partial charge is 0.263 e. The SMILES string of the molecule is C[Si](C)(C)C#Cc1cnccc1C#N. The van der Waals surface area contributed by atoms with Gasteiger partial charge in [-0.3, -0.25) is 4.98 Å². The van der Waals surface area contributed by atoms with Gasteiger partial charge in [0, 0.05) is 12.4 Å². The first-order chi connectivity index (χ1) is 6.53. The molecule has 0 bridgehead atoms. The zero-order valence-electron chi connectivity index (χ0n) is 8.63. The number of hydrogen-bond acceptors (Lipinski definition) is 2. The van der Waals surface area contributed by atoms with Crippen LogP contribution in [0.2, 0.25) is 19.6 Å². The lowest BCUT2D eigenvalue weighted by molar-refractivity contribution is 1.29. The molecule has 14 heavy (non-hydrogen) atoms. The monoisotopic (exact) mass is 200 g/mol. The van der Waals surface area contributed by atoms with Crippen molar-refractivity contribution in [1.82, 2.24) is 4.98 Å². The van der Waals surface area contributed by atoms with Crippen LogP contribution in [0.4, 0.5) is 0 Å². The van der Waals surface area contributed by atoms with E-state index in [1.54, 1.807) is 18.5 Å². The normalized spacial score (nSPS) is 9.86. The highest BCUT2D eigenvalue weighted by Gasteiger charge is 2.08. The summed E-state index contributed by atoms with van der Waals surface area (Å²) in [7, 11) is -1.37. The standard InChI is InChI=1S/C11H12N2Si/c1-14(2,3)7-5-11-9-13-6-4-10(11)8-12/h4,6,9H,1-3H3. The van der Waals surface area contributed by atoms with Gasteiger partial charge in [-0.25, -0.2) is 0 Å².